The number of rotatable bonds is 2. The van der Waals surface area contributed by atoms with E-state index in [4.69, 9.17) is 9.90 Å². The molecule has 2 aromatic rings. The van der Waals surface area contributed by atoms with Gasteiger partial charge >= 0.3 is 12.1 Å². The van der Waals surface area contributed by atoms with Gasteiger partial charge < -0.3 is 9.67 Å². The summed E-state index contributed by atoms with van der Waals surface area (Å²) < 4.78 is 47.6. The first-order chi connectivity index (χ1) is 13.4. The topological polar surface area (TPSA) is 91.6 Å². The van der Waals surface area contributed by atoms with E-state index in [-0.39, 0.29) is 17.2 Å². The number of fused-ring (bicyclic) bond motifs is 1. The van der Waals surface area contributed by atoms with Crippen LogP contribution in [-0.4, -0.2) is 39.3 Å². The molecule has 0 bridgehead atoms. The first kappa shape index (κ1) is 22.4. The number of hydrazine groups is 1. The smallest absolute Gasteiger partial charge is 0.475 e. The molecule has 1 aliphatic heterocycles. The van der Waals surface area contributed by atoms with E-state index in [0.717, 1.165) is 5.56 Å². The number of carboxylic acid groups (broad SMARTS) is 1. The molecule has 0 radical (unpaired) electrons. The highest BCUT2D eigenvalue weighted by molar-refractivity contribution is 9.10. The van der Waals surface area contributed by atoms with Crippen LogP contribution in [-0.2, 0) is 18.3 Å². The SMILES string of the molecule is Cn1cc2c(cc1=O)CCN(Nc1ccc(Br)cc1F)C2=O.O=C(O)C(F)(F)F. The molecule has 0 fully saturated rings. The molecule has 156 valence electrons. The molecule has 12 heteroatoms. The molecule has 0 spiro atoms. The molecular weight excluding hydrogens is 466 g/mol. The van der Waals surface area contributed by atoms with Crippen molar-refractivity contribution < 1.29 is 32.3 Å². The minimum absolute atomic E-state index is 0.146. The van der Waals surface area contributed by atoms with Gasteiger partial charge in [-0.3, -0.25) is 20.0 Å². The average Bonchev–Trinajstić information content (AvgIpc) is 2.61. The lowest BCUT2D eigenvalue weighted by atomic mass is 10.0. The fourth-order valence-corrected chi connectivity index (χ4v) is 2.71. The van der Waals surface area contributed by atoms with Crippen LogP contribution in [0.2, 0.25) is 0 Å². The molecule has 3 rings (SSSR count). The van der Waals surface area contributed by atoms with Gasteiger partial charge in [0.05, 0.1) is 11.3 Å². The molecule has 1 aliphatic rings. The zero-order valence-corrected chi connectivity index (χ0v) is 16.3. The third kappa shape index (κ3) is 5.56. The summed E-state index contributed by atoms with van der Waals surface area (Å²) in [5.41, 5.74) is 4.06. The largest absolute Gasteiger partial charge is 0.490 e. The number of pyridine rings is 1. The number of alkyl halides is 3. The number of aliphatic carboxylic acids is 1. The maximum atomic E-state index is 13.9. The first-order valence-electron chi connectivity index (χ1n) is 7.93. The summed E-state index contributed by atoms with van der Waals surface area (Å²) in [6.45, 7) is 0.370. The second kappa shape index (κ2) is 8.64. The summed E-state index contributed by atoms with van der Waals surface area (Å²) in [7, 11) is 1.59. The van der Waals surface area contributed by atoms with Gasteiger partial charge in [0.25, 0.3) is 11.5 Å². The van der Waals surface area contributed by atoms with Gasteiger partial charge in [-0.2, -0.15) is 13.2 Å². The second-order valence-electron chi connectivity index (χ2n) is 5.91. The number of nitrogens with one attached hydrogen (secondary N) is 1. The minimum Gasteiger partial charge on any atom is -0.475 e. The number of carbonyl (C=O) groups excluding carboxylic acids is 1. The molecule has 0 atom stereocenters. The third-order valence-corrected chi connectivity index (χ3v) is 4.32. The molecule has 0 saturated heterocycles. The van der Waals surface area contributed by atoms with E-state index in [1.807, 2.05) is 0 Å². The van der Waals surface area contributed by atoms with E-state index in [2.05, 4.69) is 21.4 Å². The van der Waals surface area contributed by atoms with Gasteiger partial charge in [0, 0.05) is 30.3 Å². The second-order valence-corrected chi connectivity index (χ2v) is 6.82. The Morgan fingerprint density at radius 2 is 1.86 bits per heavy atom. The molecule has 0 unspecified atom stereocenters. The summed E-state index contributed by atoms with van der Waals surface area (Å²) >= 11 is 3.19. The summed E-state index contributed by atoms with van der Waals surface area (Å²) in [6, 6.07) is 6.06. The number of hydrogen-bond acceptors (Lipinski definition) is 4. The van der Waals surface area contributed by atoms with Gasteiger partial charge in [-0.05, 0) is 30.2 Å². The zero-order valence-electron chi connectivity index (χ0n) is 14.8. The third-order valence-electron chi connectivity index (χ3n) is 3.82. The zero-order chi connectivity index (χ0) is 21.9. The van der Waals surface area contributed by atoms with Crippen LogP contribution in [0.5, 0.6) is 0 Å². The van der Waals surface area contributed by atoms with Crippen molar-refractivity contribution in [1.29, 1.82) is 0 Å². The summed E-state index contributed by atoms with van der Waals surface area (Å²) in [5, 5.41) is 8.49. The first-order valence-corrected chi connectivity index (χ1v) is 8.72. The fraction of sp³-hybridized carbons (Fsp3) is 0.235. The molecule has 2 N–H and O–H groups in total. The molecule has 1 aromatic carbocycles. The highest BCUT2D eigenvalue weighted by Gasteiger charge is 2.38. The van der Waals surface area contributed by atoms with E-state index in [1.54, 1.807) is 19.2 Å². The Bertz CT molecular complexity index is 1010. The van der Waals surface area contributed by atoms with Gasteiger partial charge in [0.2, 0.25) is 0 Å². The van der Waals surface area contributed by atoms with Crippen LogP contribution in [0.3, 0.4) is 0 Å². The minimum atomic E-state index is -5.08. The number of nitrogens with zero attached hydrogens (tertiary/aromatic N) is 2. The van der Waals surface area contributed by atoms with Crippen LogP contribution in [0, 0.1) is 5.82 Å². The van der Waals surface area contributed by atoms with Crippen molar-refractivity contribution in [2.24, 2.45) is 7.05 Å². The fourth-order valence-electron chi connectivity index (χ4n) is 2.38. The summed E-state index contributed by atoms with van der Waals surface area (Å²) in [6.07, 6.45) is -3.02. The highest BCUT2D eigenvalue weighted by Crippen LogP contribution is 2.22. The predicted octanol–water partition coefficient (Wildman–Crippen LogP) is 2.95. The normalized spacial score (nSPS) is 13.3. The standard InChI is InChI=1S/C15H13BrFN3O2.C2HF3O2/c1-19-8-11-9(6-14(19)21)4-5-20(15(11)22)18-13-3-2-10(16)7-12(13)17;3-2(4,5)1(6)7/h2-3,6-8,18H,4-5H2,1H3;(H,6,7). The van der Waals surface area contributed by atoms with Gasteiger partial charge in [-0.15, -0.1) is 0 Å². The molecular formula is C17H14BrF4N3O4. The van der Waals surface area contributed by atoms with Crippen LogP contribution in [0.4, 0.5) is 23.2 Å². The Hall–Kier alpha value is -2.89. The van der Waals surface area contributed by atoms with Crippen molar-refractivity contribution in [3.63, 3.8) is 0 Å². The number of aryl methyl sites for hydroxylation is 1. The van der Waals surface area contributed by atoms with Crippen LogP contribution in [0.25, 0.3) is 0 Å². The average molecular weight is 480 g/mol. The van der Waals surface area contributed by atoms with Crippen LogP contribution in [0.1, 0.15) is 15.9 Å². The van der Waals surface area contributed by atoms with E-state index in [0.29, 0.717) is 23.0 Å². The number of benzene rings is 1. The van der Waals surface area contributed by atoms with Crippen molar-refractivity contribution in [2.75, 3.05) is 12.0 Å². The molecule has 0 aliphatic carbocycles. The Balaban J connectivity index is 0.000000370. The number of amides is 1. The Morgan fingerprint density at radius 3 is 2.41 bits per heavy atom. The quantitative estimate of drug-likeness (QED) is 0.646. The van der Waals surface area contributed by atoms with Crippen LogP contribution < -0.4 is 11.0 Å². The maximum absolute atomic E-state index is 13.9. The van der Waals surface area contributed by atoms with Crippen molar-refractivity contribution in [2.45, 2.75) is 12.6 Å². The molecule has 0 saturated carbocycles. The van der Waals surface area contributed by atoms with Gasteiger partial charge in [-0.25, -0.2) is 9.18 Å². The van der Waals surface area contributed by atoms with Gasteiger partial charge in [-0.1, -0.05) is 15.9 Å². The lowest BCUT2D eigenvalue weighted by Crippen LogP contribution is -2.42. The highest BCUT2D eigenvalue weighted by atomic mass is 79.9. The van der Waals surface area contributed by atoms with Gasteiger partial charge in [0.15, 0.2) is 0 Å². The van der Waals surface area contributed by atoms with Crippen molar-refractivity contribution in [3.05, 3.63) is 62.2 Å². The van der Waals surface area contributed by atoms with E-state index >= 15 is 0 Å². The van der Waals surface area contributed by atoms with Crippen molar-refractivity contribution in [3.8, 4) is 0 Å². The van der Waals surface area contributed by atoms with Crippen LogP contribution in [0.15, 0.2) is 39.7 Å². The molecule has 29 heavy (non-hydrogen) atoms. The lowest BCUT2D eigenvalue weighted by molar-refractivity contribution is -0.192. The molecule has 1 aromatic heterocycles. The van der Waals surface area contributed by atoms with E-state index in [1.165, 1.54) is 27.9 Å². The number of carbonyl (C=O) groups is 2. The summed E-state index contributed by atoms with van der Waals surface area (Å²) in [4.78, 5) is 33.0. The van der Waals surface area contributed by atoms with Crippen LogP contribution >= 0.6 is 15.9 Å². The number of carboxylic acids is 1. The number of halogens is 5. The Morgan fingerprint density at radius 1 is 1.24 bits per heavy atom. The monoisotopic (exact) mass is 479 g/mol. The molecule has 2 heterocycles. The molecule has 1 amide bonds. The van der Waals surface area contributed by atoms with E-state index < -0.39 is 18.0 Å². The number of hydrogen-bond donors (Lipinski definition) is 2. The molecule has 7 nitrogen and oxygen atoms in total. The van der Waals surface area contributed by atoms with Crippen molar-refractivity contribution in [1.82, 2.24) is 9.58 Å². The maximum Gasteiger partial charge on any atom is 0.490 e. The van der Waals surface area contributed by atoms with Gasteiger partial charge in [0.1, 0.15) is 5.82 Å². The Kier molecular flexibility index (Phi) is 6.67. The van der Waals surface area contributed by atoms with Crippen molar-refractivity contribution >= 4 is 33.5 Å². The number of anilines is 1. The van der Waals surface area contributed by atoms with E-state index in [9.17, 15) is 27.2 Å². The number of aromatic nitrogens is 1. The Labute approximate surface area is 169 Å². The predicted molar refractivity (Wildman–Crippen MR) is 97.8 cm³/mol. The summed E-state index contributed by atoms with van der Waals surface area (Å²) in [5.74, 6) is -3.49. The lowest BCUT2D eigenvalue weighted by Gasteiger charge is -2.29.